The number of amides is 11. The second kappa shape index (κ2) is 45.4. The van der Waals surface area contributed by atoms with E-state index in [2.05, 4.69) is 68.2 Å². The largest absolute Gasteiger partial charge is 0.494 e. The van der Waals surface area contributed by atoms with Crippen molar-refractivity contribution >= 4 is 118 Å². The highest BCUT2D eigenvalue weighted by atomic mass is 32.2. The molecule has 1 aromatic heterocycles. The molecule has 3 aliphatic rings. The van der Waals surface area contributed by atoms with Crippen molar-refractivity contribution < 1.29 is 76.9 Å². The zero-order valence-corrected chi connectivity index (χ0v) is 63.6. The molecule has 3 aliphatic heterocycles. The molecule has 4 bridgehead atoms. The van der Waals surface area contributed by atoms with Crippen LogP contribution >= 0.6 is 23.5 Å². The third-order valence-electron chi connectivity index (χ3n) is 18.5. The summed E-state index contributed by atoms with van der Waals surface area (Å²) in [6.07, 6.45) is 7.11. The molecule has 18 N–H and O–H groups in total. The maximum Gasteiger partial charge on any atom is 0.344 e. The van der Waals surface area contributed by atoms with Gasteiger partial charge in [0, 0.05) is 59.6 Å². The molecule has 33 nitrogen and oxygen atoms in total. The number of nitrogens with one attached hydrogen (secondary N) is 12. The van der Waals surface area contributed by atoms with Crippen molar-refractivity contribution in [3.63, 3.8) is 0 Å². The molecule has 11 atom stereocenters. The van der Waals surface area contributed by atoms with Crippen molar-refractivity contribution in [2.24, 2.45) is 34.2 Å². The fourth-order valence-corrected chi connectivity index (χ4v) is 14.4. The molecule has 6 rings (SSSR count). The molecule has 2 aromatic carbocycles. The Morgan fingerprint density at radius 1 is 0.682 bits per heavy atom. The summed E-state index contributed by atoms with van der Waals surface area (Å²) in [7, 11) is 1.05. The van der Waals surface area contributed by atoms with Crippen LogP contribution in [0.3, 0.4) is 0 Å². The average molecular weight is 1530 g/mol. The van der Waals surface area contributed by atoms with Crippen molar-refractivity contribution in [3.8, 4) is 5.75 Å². The summed E-state index contributed by atoms with van der Waals surface area (Å²) in [5.41, 5.74) is 20.2. The summed E-state index contributed by atoms with van der Waals surface area (Å²) in [6.45, 7) is 9.59. The van der Waals surface area contributed by atoms with E-state index in [-0.39, 0.29) is 100 Å². The number of aromatic nitrogens is 1. The number of fused-ring (bicyclic) bond motifs is 7. The van der Waals surface area contributed by atoms with Gasteiger partial charge in [-0.3, -0.25) is 63.0 Å². The summed E-state index contributed by atoms with van der Waals surface area (Å²) in [4.78, 5) is 193. The number of oxime groups is 1. The Bertz CT molecular complexity index is 3550. The normalized spacial score (nSPS) is 24.5. The van der Waals surface area contributed by atoms with Gasteiger partial charge in [0.1, 0.15) is 79.0 Å². The maximum atomic E-state index is 15.3. The van der Waals surface area contributed by atoms with Gasteiger partial charge in [-0.1, -0.05) is 83.3 Å². The number of nitrogens with two attached hydrogens (primary N) is 3. The van der Waals surface area contributed by atoms with E-state index >= 15 is 14.4 Å². The molecule has 3 aromatic rings. The number of H-pyrrole nitrogens is 1. The first-order chi connectivity index (χ1) is 51.3. The highest BCUT2D eigenvalue weighted by molar-refractivity contribution is 7.98. The SMILES string of the molecule is CCCC[C@@H]1NC(=O)[C@@H]2CCCN2C(=O)[C@@H]2CSCc3cc(cc(c3)OCCCCCCO/N=C/C(=O)N[C@@H](CCCNC(=N)N)C(=O)N2)CSC[C@@H](C(N)=O)NC(=O)[C@H](CCCCN)NC(=O)C(C(C)C)NC(=O)[C@H](Cc2c[nH]c3ccccc23)NC(=O)[C@H]([C@@H](C)CC)NC(=O)[C@H](CC(=O)OOC)NC1=O. The highest BCUT2D eigenvalue weighted by Gasteiger charge is 2.42. The minimum Gasteiger partial charge on any atom is -0.494 e. The number of thioether (sulfide) groups is 2. The number of aromatic amines is 1. The van der Waals surface area contributed by atoms with Gasteiger partial charge in [0.05, 0.1) is 20.1 Å². The van der Waals surface area contributed by atoms with Crippen LogP contribution in [-0.4, -0.2) is 205 Å². The number of benzene rings is 2. The van der Waals surface area contributed by atoms with E-state index < -0.39 is 150 Å². The topological polar surface area (TPSA) is 495 Å². The first kappa shape index (κ1) is 86.7. The minimum absolute atomic E-state index is 0.000954. The van der Waals surface area contributed by atoms with E-state index in [0.717, 1.165) is 37.3 Å². The van der Waals surface area contributed by atoms with Crippen LogP contribution in [-0.2, 0) is 90.1 Å². The summed E-state index contributed by atoms with van der Waals surface area (Å²) in [5, 5.41) is 39.7. The van der Waals surface area contributed by atoms with Gasteiger partial charge in [0.25, 0.3) is 5.91 Å². The summed E-state index contributed by atoms with van der Waals surface area (Å²) < 4.78 is 6.34. The van der Waals surface area contributed by atoms with Crippen LogP contribution < -0.4 is 75.1 Å². The van der Waals surface area contributed by atoms with Crippen LogP contribution in [0.1, 0.15) is 154 Å². The van der Waals surface area contributed by atoms with Crippen molar-refractivity contribution in [2.75, 3.05) is 51.5 Å². The molecular formula is C72H109N17O16S2. The second-order valence-corrected chi connectivity index (χ2v) is 29.3. The number of carbonyl (C=O) groups is 12. The lowest BCUT2D eigenvalue weighted by molar-refractivity contribution is -0.255. The van der Waals surface area contributed by atoms with E-state index in [1.165, 1.54) is 28.4 Å². The molecule has 107 heavy (non-hydrogen) atoms. The molecule has 0 spiro atoms. The number of guanidine groups is 1. The van der Waals surface area contributed by atoms with Crippen molar-refractivity contribution in [3.05, 3.63) is 65.4 Å². The number of hydrogen-bond donors (Lipinski definition) is 15. The molecular weight excluding hydrogens is 1420 g/mol. The molecule has 4 heterocycles. The van der Waals surface area contributed by atoms with E-state index in [1.54, 1.807) is 40.0 Å². The lowest BCUT2D eigenvalue weighted by Crippen LogP contribution is -2.62. The summed E-state index contributed by atoms with van der Waals surface area (Å²) in [5.74, 6) is -10.8. The first-order valence-corrected chi connectivity index (χ1v) is 39.1. The van der Waals surface area contributed by atoms with Crippen LogP contribution in [0.25, 0.3) is 10.9 Å². The number of para-hydroxylation sites is 1. The van der Waals surface area contributed by atoms with Crippen molar-refractivity contribution in [2.45, 2.75) is 216 Å². The van der Waals surface area contributed by atoms with E-state index in [0.29, 0.717) is 73.8 Å². The molecule has 1 fully saturated rings. The summed E-state index contributed by atoms with van der Waals surface area (Å²) in [6, 6.07) is -0.915. The Labute approximate surface area is 632 Å². The monoisotopic (exact) mass is 1530 g/mol. The van der Waals surface area contributed by atoms with Gasteiger partial charge in [-0.05, 0) is 130 Å². The molecule has 35 heteroatoms. The van der Waals surface area contributed by atoms with Crippen molar-refractivity contribution in [1.29, 1.82) is 5.41 Å². The van der Waals surface area contributed by atoms with Crippen LogP contribution in [0.2, 0.25) is 0 Å². The van der Waals surface area contributed by atoms with Gasteiger partial charge >= 0.3 is 5.97 Å². The average Bonchev–Trinajstić information content (AvgIpc) is 1.80. The predicted molar refractivity (Wildman–Crippen MR) is 404 cm³/mol. The van der Waals surface area contributed by atoms with E-state index in [9.17, 15) is 43.2 Å². The number of primary amides is 1. The Morgan fingerprint density at radius 2 is 1.29 bits per heavy atom. The van der Waals surface area contributed by atoms with Crippen molar-refractivity contribution in [1.82, 2.24) is 63.1 Å². The van der Waals surface area contributed by atoms with E-state index in [4.69, 9.17) is 37.1 Å². The first-order valence-electron chi connectivity index (χ1n) is 36.8. The van der Waals surface area contributed by atoms with Crippen LogP contribution in [0.5, 0.6) is 5.75 Å². The molecule has 1 saturated heterocycles. The number of unbranched alkanes of at least 4 members (excludes halogenated alkanes) is 2. The third kappa shape index (κ3) is 28.5. The Balaban J connectivity index is 1.45. The fourth-order valence-electron chi connectivity index (χ4n) is 12.4. The zero-order valence-electron chi connectivity index (χ0n) is 62.0. The Morgan fingerprint density at radius 3 is 1.97 bits per heavy atom. The predicted octanol–water partition coefficient (Wildman–Crippen LogP) is 1.46. The van der Waals surface area contributed by atoms with Gasteiger partial charge in [0.15, 0.2) is 5.96 Å². The Kier molecular flexibility index (Phi) is 36.8. The Hall–Kier alpha value is -9.22. The lowest BCUT2D eigenvalue weighted by Gasteiger charge is -2.31. The molecule has 1 unspecified atom stereocenters. The van der Waals surface area contributed by atoms with Gasteiger partial charge in [-0.25, -0.2) is 4.79 Å². The number of rotatable bonds is 20. The van der Waals surface area contributed by atoms with Gasteiger partial charge in [-0.15, -0.1) is 0 Å². The lowest BCUT2D eigenvalue weighted by atomic mass is 9.96. The minimum atomic E-state index is -1.79. The standard InChI is InChI=1S/C72H109N17O16S2/c1-7-9-21-51-64(94)83-54(35-59(91)105-102-6)67(97)88-61(43(5)8-2)70(100)84-53(34-46-36-78-49-22-13-12-20-48(46)49)66(96)87-60(42(3)4)69(99)82-52(23-14-15-26-73)65(95)85-55(62(74)92)40-106-38-44-31-45-33-47(32-44)103-29-16-10-11-17-30-104-79-37-58(90)80-50(24-18-27-77-72(75)76)63(93)86-56(41-107-39-45)71(101)89-28-19-25-57(89)68(98)81-51/h12-13,20,22,31-33,36-37,42-43,50-57,60-61,78H,7-11,14-19,21,23-30,34-35,38-41,73H2,1-6H3,(H2,74,92)(H,80,90)(H,81,98)(H,82,99)(H,83,94)(H,84,100)(H,85,95)(H,86,93)(H,87,96)(H,88,97)(H4,75,76,77)/b79-37+/t43-,50-,51-,52-,53-,54-,55-,56-,57-,60?,61-/m0/s1. The number of carbonyl (C=O) groups excluding carboxylic acids is 12. The van der Waals surface area contributed by atoms with Gasteiger partial charge in [-0.2, -0.15) is 28.4 Å². The van der Waals surface area contributed by atoms with E-state index in [1.807, 2.05) is 43.3 Å². The highest BCUT2D eigenvalue weighted by Crippen LogP contribution is 2.28. The molecule has 0 aliphatic carbocycles. The zero-order chi connectivity index (χ0) is 78.0. The smallest absolute Gasteiger partial charge is 0.344 e. The number of nitrogens with zero attached hydrogens (tertiary/aromatic N) is 2. The molecule has 11 amide bonds. The number of hydrogen-bond acceptors (Lipinski definition) is 21. The second-order valence-electron chi connectivity index (χ2n) is 27.3. The molecule has 590 valence electrons. The van der Waals surface area contributed by atoms with Crippen LogP contribution in [0, 0.1) is 17.2 Å². The van der Waals surface area contributed by atoms with Gasteiger partial charge < -0.3 is 89.8 Å². The van der Waals surface area contributed by atoms with Crippen LogP contribution in [0.15, 0.2) is 53.8 Å². The molecule has 0 radical (unpaired) electrons. The molecule has 0 saturated carbocycles. The van der Waals surface area contributed by atoms with Gasteiger partial charge in [0.2, 0.25) is 59.1 Å². The fraction of sp³-hybridized carbons (Fsp3) is 0.611. The summed E-state index contributed by atoms with van der Waals surface area (Å²) >= 11 is 2.55. The number of ether oxygens (including phenoxy) is 1. The quantitative estimate of drug-likeness (QED) is 0.0250. The maximum absolute atomic E-state index is 15.3. The third-order valence-corrected chi connectivity index (χ3v) is 20.7. The van der Waals surface area contributed by atoms with Crippen LogP contribution in [0.4, 0.5) is 0 Å².